The summed E-state index contributed by atoms with van der Waals surface area (Å²) in [5.74, 6) is -1.00. The van der Waals surface area contributed by atoms with Gasteiger partial charge in [0, 0.05) is 10.6 Å². The lowest BCUT2D eigenvalue weighted by molar-refractivity contribution is -0.132. The Morgan fingerprint density at radius 1 is 1.20 bits per heavy atom. The lowest BCUT2D eigenvalue weighted by Crippen LogP contribution is -1.95. The predicted molar refractivity (Wildman–Crippen MR) is 62.8 cm³/mol. The summed E-state index contributed by atoms with van der Waals surface area (Å²) < 4.78 is 0. The normalized spacial score (nSPS) is 11.6. The highest BCUT2D eigenvalue weighted by Gasteiger charge is 2.06. The van der Waals surface area contributed by atoms with E-state index in [4.69, 9.17) is 39.9 Å². The van der Waals surface area contributed by atoms with E-state index in [2.05, 4.69) is 0 Å². The Hall–Kier alpha value is -0.700. The van der Waals surface area contributed by atoms with Gasteiger partial charge < -0.3 is 5.11 Å². The van der Waals surface area contributed by atoms with Crippen molar-refractivity contribution in [2.75, 3.05) is 0 Å². The zero-order chi connectivity index (χ0) is 11.6. The minimum atomic E-state index is -1.00. The molecule has 0 aromatic heterocycles. The van der Waals surface area contributed by atoms with Crippen LogP contribution in [-0.4, -0.2) is 11.1 Å². The van der Waals surface area contributed by atoms with Gasteiger partial charge in [0.05, 0.1) is 10.0 Å². The number of aliphatic carboxylic acids is 1. The molecule has 1 rings (SSSR count). The van der Waals surface area contributed by atoms with Gasteiger partial charge in [-0.1, -0.05) is 34.8 Å². The Bertz CT molecular complexity index is 439. The van der Waals surface area contributed by atoms with Crippen LogP contribution >= 0.6 is 34.8 Å². The molecule has 1 aromatic carbocycles. The molecule has 0 bridgehead atoms. The third-order valence-corrected chi connectivity index (χ3v) is 2.80. The van der Waals surface area contributed by atoms with E-state index in [-0.39, 0.29) is 5.57 Å². The fourth-order valence-electron chi connectivity index (χ4n) is 0.944. The lowest BCUT2D eigenvalue weighted by Gasteiger charge is -2.02. The van der Waals surface area contributed by atoms with Gasteiger partial charge in [-0.3, -0.25) is 0 Å². The molecule has 0 atom stereocenters. The summed E-state index contributed by atoms with van der Waals surface area (Å²) >= 11 is 17.4. The van der Waals surface area contributed by atoms with Gasteiger partial charge in [-0.05, 0) is 30.7 Å². The molecule has 0 saturated carbocycles. The summed E-state index contributed by atoms with van der Waals surface area (Å²) in [6, 6.07) is 3.01. The maximum absolute atomic E-state index is 10.6. The Kier molecular flexibility index (Phi) is 4.03. The highest BCUT2D eigenvalue weighted by Crippen LogP contribution is 2.30. The number of carboxylic acid groups (broad SMARTS) is 1. The zero-order valence-electron chi connectivity index (χ0n) is 7.72. The van der Waals surface area contributed by atoms with Crippen molar-refractivity contribution in [3.8, 4) is 0 Å². The Balaban J connectivity index is 3.22. The van der Waals surface area contributed by atoms with Crippen LogP contribution in [0, 0.1) is 0 Å². The summed E-state index contributed by atoms with van der Waals surface area (Å²) in [6.45, 7) is 1.47. The van der Waals surface area contributed by atoms with Crippen molar-refractivity contribution >= 4 is 46.8 Å². The molecule has 0 aliphatic carbocycles. The van der Waals surface area contributed by atoms with Crippen LogP contribution in [0.1, 0.15) is 12.5 Å². The van der Waals surface area contributed by atoms with E-state index >= 15 is 0 Å². The molecule has 2 nitrogen and oxygen atoms in total. The number of benzene rings is 1. The van der Waals surface area contributed by atoms with Crippen LogP contribution in [0.2, 0.25) is 15.1 Å². The van der Waals surface area contributed by atoms with E-state index in [1.54, 1.807) is 0 Å². The van der Waals surface area contributed by atoms with Crippen molar-refractivity contribution in [1.29, 1.82) is 0 Å². The summed E-state index contributed by atoms with van der Waals surface area (Å²) in [5.41, 5.74) is 0.709. The van der Waals surface area contributed by atoms with Gasteiger partial charge in [-0.15, -0.1) is 0 Å². The summed E-state index contributed by atoms with van der Waals surface area (Å²) in [7, 11) is 0. The molecule has 0 aliphatic heterocycles. The minimum Gasteiger partial charge on any atom is -0.478 e. The van der Waals surface area contributed by atoms with Gasteiger partial charge in [0.15, 0.2) is 0 Å². The first kappa shape index (κ1) is 12.4. The predicted octanol–water partition coefficient (Wildman–Crippen LogP) is 4.13. The van der Waals surface area contributed by atoms with Gasteiger partial charge in [0.2, 0.25) is 0 Å². The molecule has 0 aliphatic rings. The first-order chi connectivity index (χ1) is 6.91. The third kappa shape index (κ3) is 3.13. The molecule has 0 radical (unpaired) electrons. The average Bonchev–Trinajstić information content (AvgIpc) is 2.13. The number of halogens is 3. The number of carbonyl (C=O) groups is 1. The first-order valence-corrected chi connectivity index (χ1v) is 5.11. The quantitative estimate of drug-likeness (QED) is 0.645. The number of hydrogen-bond acceptors (Lipinski definition) is 1. The Morgan fingerprint density at radius 3 is 2.27 bits per heavy atom. The van der Waals surface area contributed by atoms with Crippen LogP contribution in [0.5, 0.6) is 0 Å². The second-order valence-corrected chi connectivity index (χ2v) is 4.14. The maximum atomic E-state index is 10.6. The standard InChI is InChI=1S/C10H7Cl3O2/c1-5(10(14)15)2-6-3-8(12)9(13)4-7(6)11/h2-4H,1H3,(H,14,15)/b5-2+. The van der Waals surface area contributed by atoms with Crippen molar-refractivity contribution in [2.24, 2.45) is 0 Å². The summed E-state index contributed by atoms with van der Waals surface area (Å²) in [4.78, 5) is 10.6. The van der Waals surface area contributed by atoms with E-state index in [1.807, 2.05) is 0 Å². The van der Waals surface area contributed by atoms with Crippen LogP contribution in [0.3, 0.4) is 0 Å². The molecule has 1 aromatic rings. The molecule has 1 N–H and O–H groups in total. The van der Waals surface area contributed by atoms with Crippen LogP contribution in [-0.2, 0) is 4.79 Å². The van der Waals surface area contributed by atoms with Gasteiger partial charge in [0.25, 0.3) is 0 Å². The molecular weight excluding hydrogens is 258 g/mol. The van der Waals surface area contributed by atoms with Crippen molar-refractivity contribution in [3.05, 3.63) is 38.3 Å². The second kappa shape index (κ2) is 4.88. The van der Waals surface area contributed by atoms with Crippen LogP contribution in [0.4, 0.5) is 0 Å². The zero-order valence-corrected chi connectivity index (χ0v) is 9.99. The van der Waals surface area contributed by atoms with E-state index < -0.39 is 5.97 Å². The maximum Gasteiger partial charge on any atom is 0.331 e. The molecule has 0 spiro atoms. The monoisotopic (exact) mass is 264 g/mol. The molecule has 0 heterocycles. The van der Waals surface area contributed by atoms with E-state index in [0.717, 1.165) is 0 Å². The fraction of sp³-hybridized carbons (Fsp3) is 0.100. The number of carboxylic acids is 1. The molecule has 0 amide bonds. The summed E-state index contributed by atoms with van der Waals surface area (Å²) in [6.07, 6.45) is 1.44. The molecule has 15 heavy (non-hydrogen) atoms. The molecule has 0 fully saturated rings. The van der Waals surface area contributed by atoms with Gasteiger partial charge in [0.1, 0.15) is 0 Å². The average molecular weight is 266 g/mol. The van der Waals surface area contributed by atoms with Crippen LogP contribution in [0.25, 0.3) is 6.08 Å². The second-order valence-electron chi connectivity index (χ2n) is 2.92. The van der Waals surface area contributed by atoms with Crippen molar-refractivity contribution in [1.82, 2.24) is 0 Å². The van der Waals surface area contributed by atoms with Crippen molar-refractivity contribution in [3.63, 3.8) is 0 Å². The smallest absolute Gasteiger partial charge is 0.331 e. The third-order valence-electron chi connectivity index (χ3n) is 1.75. The van der Waals surface area contributed by atoms with E-state index in [9.17, 15) is 4.79 Å². The minimum absolute atomic E-state index is 0.176. The topological polar surface area (TPSA) is 37.3 Å². The van der Waals surface area contributed by atoms with Crippen LogP contribution in [0.15, 0.2) is 17.7 Å². The number of rotatable bonds is 2. The summed E-state index contributed by atoms with van der Waals surface area (Å²) in [5, 5.41) is 9.73. The first-order valence-electron chi connectivity index (χ1n) is 3.98. The van der Waals surface area contributed by atoms with Crippen molar-refractivity contribution < 1.29 is 9.90 Å². The Morgan fingerprint density at radius 2 is 1.73 bits per heavy atom. The SMILES string of the molecule is C/C(=C\c1cc(Cl)c(Cl)cc1Cl)C(=O)O. The van der Waals surface area contributed by atoms with E-state index in [0.29, 0.717) is 20.6 Å². The molecular formula is C10H7Cl3O2. The molecule has 0 unspecified atom stereocenters. The Labute approximate surface area is 102 Å². The largest absolute Gasteiger partial charge is 0.478 e. The molecule has 0 saturated heterocycles. The van der Waals surface area contributed by atoms with Gasteiger partial charge >= 0.3 is 5.97 Å². The molecule has 80 valence electrons. The fourth-order valence-corrected chi connectivity index (χ4v) is 1.55. The molecule has 5 heteroatoms. The van der Waals surface area contributed by atoms with E-state index in [1.165, 1.54) is 25.1 Å². The van der Waals surface area contributed by atoms with Gasteiger partial charge in [-0.2, -0.15) is 0 Å². The van der Waals surface area contributed by atoms with Crippen LogP contribution < -0.4 is 0 Å². The van der Waals surface area contributed by atoms with Gasteiger partial charge in [-0.25, -0.2) is 4.79 Å². The lowest BCUT2D eigenvalue weighted by atomic mass is 10.1. The number of hydrogen-bond donors (Lipinski definition) is 1. The van der Waals surface area contributed by atoms with Crippen molar-refractivity contribution in [2.45, 2.75) is 6.92 Å². The highest BCUT2D eigenvalue weighted by atomic mass is 35.5. The highest BCUT2D eigenvalue weighted by molar-refractivity contribution is 6.43.